The molecule has 2 atom stereocenters. The first-order chi connectivity index (χ1) is 7.22. The largest absolute Gasteiger partial charge is 0.379 e. The van der Waals surface area contributed by atoms with Crippen LogP contribution in [-0.4, -0.2) is 37.2 Å². The van der Waals surface area contributed by atoms with Crippen LogP contribution in [0.4, 0.5) is 0 Å². The zero-order valence-corrected chi connectivity index (χ0v) is 9.78. The molecule has 1 aliphatic carbocycles. The molecule has 15 heavy (non-hydrogen) atoms. The summed E-state index contributed by atoms with van der Waals surface area (Å²) < 4.78 is 5.40. The minimum atomic E-state index is 0.298. The van der Waals surface area contributed by atoms with Gasteiger partial charge in [-0.2, -0.15) is 0 Å². The summed E-state index contributed by atoms with van der Waals surface area (Å²) in [6.45, 7) is 8.63. The Kier molecular flexibility index (Phi) is 3.27. The van der Waals surface area contributed by atoms with Gasteiger partial charge in [0.05, 0.1) is 13.2 Å². The maximum absolute atomic E-state index is 5.40. The molecule has 84 valence electrons. The van der Waals surface area contributed by atoms with Crippen LogP contribution in [0.1, 0.15) is 20.3 Å². The Balaban J connectivity index is 2.02. The van der Waals surface area contributed by atoms with E-state index < -0.39 is 0 Å². The molecule has 2 rings (SSSR count). The molecule has 2 unspecified atom stereocenters. The van der Waals surface area contributed by atoms with Crippen LogP contribution >= 0.6 is 0 Å². The van der Waals surface area contributed by atoms with E-state index in [-0.39, 0.29) is 0 Å². The monoisotopic (exact) mass is 207 g/mol. The van der Waals surface area contributed by atoms with Gasteiger partial charge < -0.3 is 4.74 Å². The summed E-state index contributed by atoms with van der Waals surface area (Å²) in [6.07, 6.45) is 10.1. The molecule has 1 heterocycles. The number of ether oxygens (including phenoxy) is 1. The van der Waals surface area contributed by atoms with E-state index >= 15 is 0 Å². The Bertz CT molecular complexity index is 266. The van der Waals surface area contributed by atoms with Crippen LogP contribution in [-0.2, 0) is 4.74 Å². The fourth-order valence-corrected chi connectivity index (χ4v) is 2.44. The lowest BCUT2D eigenvalue weighted by Crippen LogP contribution is -2.49. The van der Waals surface area contributed by atoms with Crippen molar-refractivity contribution in [3.05, 3.63) is 24.3 Å². The van der Waals surface area contributed by atoms with Crippen molar-refractivity contribution in [3.8, 4) is 0 Å². The third kappa shape index (κ3) is 2.32. The summed E-state index contributed by atoms with van der Waals surface area (Å²) in [5, 5.41) is 0. The third-order valence-corrected chi connectivity index (χ3v) is 3.83. The summed E-state index contributed by atoms with van der Waals surface area (Å²) in [4.78, 5) is 2.55. The van der Waals surface area contributed by atoms with Crippen molar-refractivity contribution in [1.29, 1.82) is 0 Å². The van der Waals surface area contributed by atoms with Gasteiger partial charge in [0.15, 0.2) is 0 Å². The lowest BCUT2D eigenvalue weighted by molar-refractivity contribution is -0.00212. The first kappa shape index (κ1) is 10.9. The zero-order valence-electron chi connectivity index (χ0n) is 9.78. The highest BCUT2D eigenvalue weighted by Gasteiger charge is 2.33. The standard InChI is InChI=1S/C13H21NO/c1-12(14-8-10-15-11-9-14)13(2)6-4-3-5-7-13/h3-6,12H,7-11H2,1-2H3. The SMILES string of the molecule is CC(N1CCOCC1)C1(C)C=CC=CC1. The van der Waals surface area contributed by atoms with Crippen molar-refractivity contribution in [3.63, 3.8) is 0 Å². The van der Waals surface area contributed by atoms with E-state index in [1.54, 1.807) is 0 Å². The predicted octanol–water partition coefficient (Wildman–Crippen LogP) is 2.23. The lowest BCUT2D eigenvalue weighted by atomic mass is 9.77. The van der Waals surface area contributed by atoms with Crippen LogP contribution < -0.4 is 0 Å². The van der Waals surface area contributed by atoms with Crippen molar-refractivity contribution >= 4 is 0 Å². The third-order valence-electron chi connectivity index (χ3n) is 3.83. The van der Waals surface area contributed by atoms with Crippen LogP contribution in [0.3, 0.4) is 0 Å². The second-order valence-electron chi connectivity index (χ2n) is 4.82. The Morgan fingerprint density at radius 2 is 2.00 bits per heavy atom. The molecule has 0 spiro atoms. The van der Waals surface area contributed by atoms with E-state index in [9.17, 15) is 0 Å². The Labute approximate surface area is 92.6 Å². The fraction of sp³-hybridized carbons (Fsp3) is 0.692. The van der Waals surface area contributed by atoms with Gasteiger partial charge in [-0.3, -0.25) is 4.90 Å². The highest BCUT2D eigenvalue weighted by molar-refractivity contribution is 5.17. The highest BCUT2D eigenvalue weighted by atomic mass is 16.5. The molecular weight excluding hydrogens is 186 g/mol. The van der Waals surface area contributed by atoms with Crippen LogP contribution in [0.5, 0.6) is 0 Å². The number of nitrogens with zero attached hydrogens (tertiary/aromatic N) is 1. The summed E-state index contributed by atoms with van der Waals surface area (Å²) in [5.41, 5.74) is 0.298. The molecular formula is C13H21NO. The summed E-state index contributed by atoms with van der Waals surface area (Å²) in [5.74, 6) is 0. The van der Waals surface area contributed by atoms with Crippen LogP contribution in [0.15, 0.2) is 24.3 Å². The molecule has 1 saturated heterocycles. The first-order valence-corrected chi connectivity index (χ1v) is 5.88. The highest BCUT2D eigenvalue weighted by Crippen LogP contribution is 2.34. The number of hydrogen-bond donors (Lipinski definition) is 0. The van der Waals surface area contributed by atoms with Gasteiger partial charge in [-0.05, 0) is 13.3 Å². The molecule has 0 radical (unpaired) electrons. The molecule has 0 aromatic rings. The number of hydrogen-bond acceptors (Lipinski definition) is 2. The van der Waals surface area contributed by atoms with Crippen LogP contribution in [0.25, 0.3) is 0 Å². The minimum absolute atomic E-state index is 0.298. The predicted molar refractivity (Wildman–Crippen MR) is 62.9 cm³/mol. The molecule has 0 aromatic carbocycles. The van der Waals surface area contributed by atoms with Gasteiger partial charge >= 0.3 is 0 Å². The fourth-order valence-electron chi connectivity index (χ4n) is 2.44. The Morgan fingerprint density at radius 1 is 1.27 bits per heavy atom. The average Bonchev–Trinajstić information content (AvgIpc) is 2.30. The second kappa shape index (κ2) is 4.50. The Hall–Kier alpha value is -0.600. The summed E-state index contributed by atoms with van der Waals surface area (Å²) in [7, 11) is 0. The average molecular weight is 207 g/mol. The quantitative estimate of drug-likeness (QED) is 0.688. The topological polar surface area (TPSA) is 12.5 Å². The van der Waals surface area contributed by atoms with Gasteiger partial charge in [0.2, 0.25) is 0 Å². The number of morpholine rings is 1. The van der Waals surface area contributed by atoms with E-state index in [0.717, 1.165) is 32.7 Å². The maximum Gasteiger partial charge on any atom is 0.0594 e. The summed E-state index contributed by atoms with van der Waals surface area (Å²) >= 11 is 0. The molecule has 1 fully saturated rings. The molecule has 0 N–H and O–H groups in total. The van der Waals surface area contributed by atoms with Crippen molar-refractivity contribution in [1.82, 2.24) is 4.90 Å². The molecule has 0 aromatic heterocycles. The van der Waals surface area contributed by atoms with Crippen molar-refractivity contribution in [2.24, 2.45) is 5.41 Å². The van der Waals surface area contributed by atoms with Crippen LogP contribution in [0.2, 0.25) is 0 Å². The van der Waals surface area contributed by atoms with Gasteiger partial charge in [-0.15, -0.1) is 0 Å². The van der Waals surface area contributed by atoms with Crippen molar-refractivity contribution in [2.45, 2.75) is 26.3 Å². The molecule has 2 nitrogen and oxygen atoms in total. The van der Waals surface area contributed by atoms with E-state index in [2.05, 4.69) is 43.1 Å². The molecule has 2 heteroatoms. The van der Waals surface area contributed by atoms with Gasteiger partial charge in [-0.25, -0.2) is 0 Å². The molecule has 0 saturated carbocycles. The van der Waals surface area contributed by atoms with Gasteiger partial charge in [0.25, 0.3) is 0 Å². The molecule has 2 aliphatic rings. The minimum Gasteiger partial charge on any atom is -0.379 e. The number of rotatable bonds is 2. The summed E-state index contributed by atoms with van der Waals surface area (Å²) in [6, 6.07) is 0.600. The molecule has 0 bridgehead atoms. The van der Waals surface area contributed by atoms with Crippen molar-refractivity contribution < 1.29 is 4.74 Å². The zero-order chi connectivity index (χ0) is 10.7. The van der Waals surface area contributed by atoms with Crippen molar-refractivity contribution in [2.75, 3.05) is 26.3 Å². The van der Waals surface area contributed by atoms with E-state index in [1.807, 2.05) is 0 Å². The van der Waals surface area contributed by atoms with Gasteiger partial charge in [0.1, 0.15) is 0 Å². The number of allylic oxidation sites excluding steroid dienone is 3. The van der Waals surface area contributed by atoms with Gasteiger partial charge in [-0.1, -0.05) is 31.2 Å². The first-order valence-electron chi connectivity index (χ1n) is 5.88. The molecule has 0 amide bonds. The smallest absolute Gasteiger partial charge is 0.0594 e. The maximum atomic E-state index is 5.40. The van der Waals surface area contributed by atoms with Gasteiger partial charge in [0, 0.05) is 24.5 Å². The second-order valence-corrected chi connectivity index (χ2v) is 4.82. The van der Waals surface area contributed by atoms with Crippen LogP contribution in [0, 0.1) is 5.41 Å². The van der Waals surface area contributed by atoms with E-state index in [4.69, 9.17) is 4.74 Å². The Morgan fingerprint density at radius 3 is 2.60 bits per heavy atom. The lowest BCUT2D eigenvalue weighted by Gasteiger charge is -2.42. The molecule has 1 aliphatic heterocycles. The van der Waals surface area contributed by atoms with E-state index in [0.29, 0.717) is 11.5 Å². The normalized spacial score (nSPS) is 34.3. The van der Waals surface area contributed by atoms with E-state index in [1.165, 1.54) is 0 Å².